The third-order valence-corrected chi connectivity index (χ3v) is 1.69. The second kappa shape index (κ2) is 3.57. The van der Waals surface area contributed by atoms with E-state index in [0.29, 0.717) is 0 Å². The fourth-order valence-corrected chi connectivity index (χ4v) is 1.08. The first-order valence-electron chi connectivity index (χ1n) is 3.78. The molecule has 4 N–H and O–H groups in total. The van der Waals surface area contributed by atoms with E-state index in [9.17, 15) is 13.6 Å². The molecule has 0 unspecified atom stereocenters. The summed E-state index contributed by atoms with van der Waals surface area (Å²) in [4.78, 5) is 14.4. The standard InChI is InChI=1S/C8H9F2N3O/c1-3-2-4(8(12)14)5(11)6(13-3)7(9)10/h2,7H,11H2,1H3,(H2,12,14). The van der Waals surface area contributed by atoms with E-state index in [0.717, 1.165) is 0 Å². The van der Waals surface area contributed by atoms with Crippen LogP contribution >= 0.6 is 0 Å². The SMILES string of the molecule is Cc1cc(C(N)=O)c(N)c(C(F)F)n1. The fraction of sp³-hybridized carbons (Fsp3) is 0.250. The highest BCUT2D eigenvalue weighted by molar-refractivity contribution is 5.98. The van der Waals surface area contributed by atoms with Gasteiger partial charge < -0.3 is 11.5 Å². The van der Waals surface area contributed by atoms with E-state index in [2.05, 4.69) is 4.98 Å². The van der Waals surface area contributed by atoms with Gasteiger partial charge in [0.05, 0.1) is 11.3 Å². The summed E-state index contributed by atoms with van der Waals surface area (Å²) in [6, 6.07) is 1.28. The molecule has 0 spiro atoms. The summed E-state index contributed by atoms with van der Waals surface area (Å²) in [5.41, 5.74) is 9.49. The molecule has 0 bridgehead atoms. The van der Waals surface area contributed by atoms with Gasteiger partial charge in [0.25, 0.3) is 12.3 Å². The molecule has 0 fully saturated rings. The molecule has 1 aromatic rings. The van der Waals surface area contributed by atoms with E-state index in [-0.39, 0.29) is 16.9 Å². The van der Waals surface area contributed by atoms with Gasteiger partial charge in [-0.3, -0.25) is 4.79 Å². The van der Waals surface area contributed by atoms with Crippen molar-refractivity contribution in [3.63, 3.8) is 0 Å². The van der Waals surface area contributed by atoms with Crippen molar-refractivity contribution in [1.82, 2.24) is 4.98 Å². The highest BCUT2D eigenvalue weighted by Crippen LogP contribution is 2.26. The molecule has 0 aliphatic rings. The Kier molecular flexibility index (Phi) is 2.64. The van der Waals surface area contributed by atoms with Crippen LogP contribution in [0.3, 0.4) is 0 Å². The lowest BCUT2D eigenvalue weighted by Crippen LogP contribution is -2.16. The van der Waals surface area contributed by atoms with E-state index in [4.69, 9.17) is 11.5 Å². The van der Waals surface area contributed by atoms with Gasteiger partial charge in [-0.15, -0.1) is 0 Å². The zero-order chi connectivity index (χ0) is 10.9. The van der Waals surface area contributed by atoms with E-state index in [1.165, 1.54) is 13.0 Å². The number of nitrogen functional groups attached to an aromatic ring is 1. The number of hydrogen-bond acceptors (Lipinski definition) is 3. The number of aryl methyl sites for hydroxylation is 1. The molecule has 0 saturated heterocycles. The van der Waals surface area contributed by atoms with Crippen LogP contribution in [0.2, 0.25) is 0 Å². The molecule has 1 heterocycles. The molecule has 6 heteroatoms. The largest absolute Gasteiger partial charge is 0.396 e. The van der Waals surface area contributed by atoms with Crippen LogP contribution in [0.4, 0.5) is 14.5 Å². The quantitative estimate of drug-likeness (QED) is 0.749. The maximum Gasteiger partial charge on any atom is 0.282 e. The van der Waals surface area contributed by atoms with E-state index in [1.807, 2.05) is 0 Å². The lowest BCUT2D eigenvalue weighted by atomic mass is 10.1. The molecular formula is C8H9F2N3O. The number of carbonyl (C=O) groups excluding carboxylic acids is 1. The normalized spacial score (nSPS) is 10.6. The number of nitrogens with two attached hydrogens (primary N) is 2. The second-order valence-electron chi connectivity index (χ2n) is 2.78. The first-order chi connectivity index (χ1) is 6.43. The molecule has 0 radical (unpaired) electrons. The maximum atomic E-state index is 12.4. The third-order valence-electron chi connectivity index (χ3n) is 1.69. The Morgan fingerprint density at radius 1 is 1.57 bits per heavy atom. The lowest BCUT2D eigenvalue weighted by Gasteiger charge is -2.08. The number of pyridine rings is 1. The first-order valence-corrected chi connectivity index (χ1v) is 3.78. The zero-order valence-electron chi connectivity index (χ0n) is 7.42. The number of halogens is 2. The number of rotatable bonds is 2. The van der Waals surface area contributed by atoms with Crippen molar-refractivity contribution in [2.75, 3.05) is 5.73 Å². The number of hydrogen-bond donors (Lipinski definition) is 2. The molecule has 0 atom stereocenters. The fourth-order valence-electron chi connectivity index (χ4n) is 1.08. The Morgan fingerprint density at radius 2 is 2.14 bits per heavy atom. The van der Waals surface area contributed by atoms with Crippen LogP contribution in [0.5, 0.6) is 0 Å². The van der Waals surface area contributed by atoms with Gasteiger partial charge in [0.2, 0.25) is 0 Å². The molecule has 1 rings (SSSR count). The van der Waals surface area contributed by atoms with Gasteiger partial charge in [0, 0.05) is 5.69 Å². The Labute approximate surface area is 78.9 Å². The Morgan fingerprint density at radius 3 is 2.57 bits per heavy atom. The van der Waals surface area contributed by atoms with Crippen LogP contribution < -0.4 is 11.5 Å². The Bertz CT molecular complexity index is 379. The molecule has 0 aromatic carbocycles. The van der Waals surface area contributed by atoms with Crippen LogP contribution in [0.25, 0.3) is 0 Å². The smallest absolute Gasteiger partial charge is 0.282 e. The summed E-state index contributed by atoms with van der Waals surface area (Å²) in [6.07, 6.45) is -2.81. The predicted molar refractivity (Wildman–Crippen MR) is 46.9 cm³/mol. The van der Waals surface area contributed by atoms with Crippen molar-refractivity contribution in [2.24, 2.45) is 5.73 Å². The van der Waals surface area contributed by atoms with Crippen molar-refractivity contribution in [1.29, 1.82) is 0 Å². The molecule has 1 aromatic heterocycles. The van der Waals surface area contributed by atoms with Crippen molar-refractivity contribution < 1.29 is 13.6 Å². The predicted octanol–water partition coefficient (Wildman–Crippen LogP) is 1.01. The molecule has 14 heavy (non-hydrogen) atoms. The van der Waals surface area contributed by atoms with E-state index >= 15 is 0 Å². The number of alkyl halides is 2. The molecule has 1 amide bonds. The first kappa shape index (κ1) is 10.4. The summed E-state index contributed by atoms with van der Waals surface area (Å²) in [6.45, 7) is 1.48. The summed E-state index contributed by atoms with van der Waals surface area (Å²) in [5.74, 6) is -0.838. The number of aromatic nitrogens is 1. The number of nitrogens with zero attached hydrogens (tertiary/aromatic N) is 1. The average molecular weight is 201 g/mol. The second-order valence-corrected chi connectivity index (χ2v) is 2.78. The third kappa shape index (κ3) is 1.78. The Hall–Kier alpha value is -1.72. The number of primary amides is 1. The number of carbonyl (C=O) groups is 1. The van der Waals surface area contributed by atoms with Gasteiger partial charge >= 0.3 is 0 Å². The highest BCUT2D eigenvalue weighted by Gasteiger charge is 2.18. The highest BCUT2D eigenvalue weighted by atomic mass is 19.3. The minimum absolute atomic E-state index is 0.118. The van der Waals surface area contributed by atoms with Crippen LogP contribution in [-0.2, 0) is 0 Å². The van der Waals surface area contributed by atoms with Gasteiger partial charge in [-0.05, 0) is 13.0 Å². The summed E-state index contributed by atoms with van der Waals surface area (Å²) >= 11 is 0. The van der Waals surface area contributed by atoms with Gasteiger partial charge in [0.1, 0.15) is 5.69 Å². The van der Waals surface area contributed by atoms with E-state index in [1.54, 1.807) is 0 Å². The number of anilines is 1. The summed E-state index contributed by atoms with van der Waals surface area (Å²) in [5, 5.41) is 0. The van der Waals surface area contributed by atoms with Crippen molar-refractivity contribution >= 4 is 11.6 Å². The van der Waals surface area contributed by atoms with E-state index < -0.39 is 18.0 Å². The summed E-state index contributed by atoms with van der Waals surface area (Å²) < 4.78 is 24.7. The topological polar surface area (TPSA) is 82.0 Å². The lowest BCUT2D eigenvalue weighted by molar-refractivity contribution is 0.100. The molecular weight excluding hydrogens is 192 g/mol. The molecule has 76 valence electrons. The van der Waals surface area contributed by atoms with Gasteiger partial charge in [-0.2, -0.15) is 0 Å². The minimum atomic E-state index is -2.81. The zero-order valence-corrected chi connectivity index (χ0v) is 7.42. The molecule has 0 saturated carbocycles. The van der Waals surface area contributed by atoms with Crippen molar-refractivity contribution in [3.05, 3.63) is 23.0 Å². The number of amides is 1. The van der Waals surface area contributed by atoms with Crippen LogP contribution in [-0.4, -0.2) is 10.9 Å². The van der Waals surface area contributed by atoms with Crippen molar-refractivity contribution in [2.45, 2.75) is 13.3 Å². The molecule has 4 nitrogen and oxygen atoms in total. The summed E-state index contributed by atoms with van der Waals surface area (Å²) in [7, 11) is 0. The maximum absolute atomic E-state index is 12.4. The minimum Gasteiger partial charge on any atom is -0.396 e. The monoisotopic (exact) mass is 201 g/mol. The molecule has 0 aliphatic carbocycles. The van der Waals surface area contributed by atoms with Crippen LogP contribution in [0, 0.1) is 6.92 Å². The van der Waals surface area contributed by atoms with Crippen LogP contribution in [0.1, 0.15) is 28.2 Å². The van der Waals surface area contributed by atoms with Gasteiger partial charge in [-0.1, -0.05) is 0 Å². The molecule has 0 aliphatic heterocycles. The van der Waals surface area contributed by atoms with Gasteiger partial charge in [-0.25, -0.2) is 13.8 Å². The van der Waals surface area contributed by atoms with Crippen molar-refractivity contribution in [3.8, 4) is 0 Å². The average Bonchev–Trinajstić information content (AvgIpc) is 2.07. The van der Waals surface area contributed by atoms with Gasteiger partial charge in [0.15, 0.2) is 0 Å². The van der Waals surface area contributed by atoms with Crippen LogP contribution in [0.15, 0.2) is 6.07 Å². The Balaban J connectivity index is 3.40.